The van der Waals surface area contributed by atoms with Gasteiger partial charge in [-0.15, -0.1) is 0 Å². The fourth-order valence-electron chi connectivity index (χ4n) is 5.41. The predicted molar refractivity (Wildman–Crippen MR) is 214 cm³/mol. The summed E-state index contributed by atoms with van der Waals surface area (Å²) >= 11 is 6.00. The van der Waals surface area contributed by atoms with E-state index in [-0.39, 0.29) is 11.5 Å². The average molecular weight is 742 g/mol. The molecule has 1 aromatic heterocycles. The van der Waals surface area contributed by atoms with Gasteiger partial charge < -0.3 is 25.9 Å². The number of primary amides is 1. The van der Waals surface area contributed by atoms with Crippen molar-refractivity contribution in [2.45, 2.75) is 32.9 Å². The second-order valence-corrected chi connectivity index (χ2v) is 12.8. The molecule has 0 aliphatic carbocycles. The van der Waals surface area contributed by atoms with Crippen LogP contribution in [0.1, 0.15) is 48.5 Å². The van der Waals surface area contributed by atoms with Crippen molar-refractivity contribution in [1.82, 2.24) is 21.1 Å². The summed E-state index contributed by atoms with van der Waals surface area (Å²) < 4.78 is 5.88. The first-order chi connectivity index (χ1) is 26.4. The number of carbonyl (C=O) groups excluding carboxylic acids is 2. The van der Waals surface area contributed by atoms with Gasteiger partial charge in [0.2, 0.25) is 0 Å². The highest BCUT2D eigenvalue weighted by Crippen LogP contribution is 2.28. The molecule has 0 atom stereocenters. The topological polar surface area (TPSA) is 128 Å². The van der Waals surface area contributed by atoms with Gasteiger partial charge in [0.15, 0.2) is 5.75 Å². The zero-order chi connectivity index (χ0) is 38.0. The Balaban J connectivity index is 0.000000208. The van der Waals surface area contributed by atoms with Gasteiger partial charge in [0.05, 0.1) is 10.6 Å². The molecule has 6 rings (SSSR count). The SMILES string of the molecule is Cc1cc(CCNCc2ccccc2)ccc1Oc1ccncc1C(N)=O.O=C(NOc1ccc(CCNCc2ccccc2)cc1)c1ccccc1Cl. The minimum absolute atomic E-state index is 0.270. The maximum Gasteiger partial charge on any atom is 0.285 e. The number of aryl methyl sites for hydroxylation is 1. The van der Waals surface area contributed by atoms with Crippen LogP contribution >= 0.6 is 11.6 Å². The molecular weight excluding hydrogens is 698 g/mol. The van der Waals surface area contributed by atoms with Crippen LogP contribution in [0.5, 0.6) is 17.2 Å². The van der Waals surface area contributed by atoms with E-state index in [2.05, 4.69) is 51.4 Å². The molecule has 10 heteroatoms. The summed E-state index contributed by atoms with van der Waals surface area (Å²) in [4.78, 5) is 32.8. The highest BCUT2D eigenvalue weighted by Gasteiger charge is 2.12. The summed E-state index contributed by atoms with van der Waals surface area (Å²) in [5.74, 6) is 0.741. The van der Waals surface area contributed by atoms with Gasteiger partial charge in [0.1, 0.15) is 17.1 Å². The molecule has 0 spiro atoms. The van der Waals surface area contributed by atoms with Crippen LogP contribution in [0.15, 0.2) is 146 Å². The third kappa shape index (κ3) is 12.6. The Morgan fingerprint density at radius 1 is 0.667 bits per heavy atom. The molecule has 1 heterocycles. The summed E-state index contributed by atoms with van der Waals surface area (Å²) in [6.45, 7) is 5.49. The van der Waals surface area contributed by atoms with E-state index in [1.165, 1.54) is 28.5 Å². The van der Waals surface area contributed by atoms with Gasteiger partial charge >= 0.3 is 0 Å². The molecule has 0 radical (unpaired) electrons. The Morgan fingerprint density at radius 2 is 1.26 bits per heavy atom. The van der Waals surface area contributed by atoms with E-state index in [1.807, 2.05) is 79.7 Å². The van der Waals surface area contributed by atoms with Crippen LogP contribution in [-0.2, 0) is 25.9 Å². The van der Waals surface area contributed by atoms with Crippen LogP contribution in [0.4, 0.5) is 0 Å². The van der Waals surface area contributed by atoms with Gasteiger partial charge in [-0.3, -0.25) is 14.6 Å². The summed E-state index contributed by atoms with van der Waals surface area (Å²) in [5.41, 5.74) is 14.4. The van der Waals surface area contributed by atoms with Crippen LogP contribution < -0.4 is 31.4 Å². The number of nitrogens with two attached hydrogens (primary N) is 1. The van der Waals surface area contributed by atoms with Crippen molar-refractivity contribution in [1.29, 1.82) is 0 Å². The van der Waals surface area contributed by atoms with Crippen molar-refractivity contribution in [3.8, 4) is 17.2 Å². The molecule has 0 fully saturated rings. The number of pyridine rings is 1. The van der Waals surface area contributed by atoms with Crippen molar-refractivity contribution in [3.63, 3.8) is 0 Å². The molecule has 0 aliphatic heterocycles. The Labute approximate surface area is 321 Å². The number of benzene rings is 5. The predicted octanol–water partition coefficient (Wildman–Crippen LogP) is 8.01. The van der Waals surface area contributed by atoms with E-state index < -0.39 is 5.91 Å². The third-order valence-electron chi connectivity index (χ3n) is 8.33. The normalized spacial score (nSPS) is 10.5. The number of aromatic nitrogens is 1. The fourth-order valence-corrected chi connectivity index (χ4v) is 5.63. The Bertz CT molecular complexity index is 2080. The molecule has 2 amide bonds. The molecule has 0 unspecified atom stereocenters. The fraction of sp³-hybridized carbons (Fsp3) is 0.159. The molecule has 0 saturated carbocycles. The standard InChI is InChI=1S/C22H21ClN2O2.C22H23N3O2/c23-21-9-5-4-8-20(21)22(26)25-27-19-12-10-17(11-13-19)14-15-24-16-18-6-2-1-3-7-18;1-16-13-17(9-11-24-14-18-5-3-2-4-6-18)7-8-20(16)27-21-10-12-25-15-19(21)22(23)26/h1-13,24H,14-16H2,(H,25,26);2-8,10,12-13,15,24H,9,11,14H2,1H3,(H2,23,26). The number of rotatable bonds is 16. The largest absolute Gasteiger partial charge is 0.456 e. The molecule has 0 bridgehead atoms. The number of nitrogens with one attached hydrogen (secondary N) is 3. The minimum Gasteiger partial charge on any atom is -0.456 e. The minimum atomic E-state index is -0.558. The smallest absolute Gasteiger partial charge is 0.285 e. The first kappa shape index (κ1) is 39.2. The lowest BCUT2D eigenvalue weighted by molar-refractivity contribution is 0.0760. The summed E-state index contributed by atoms with van der Waals surface area (Å²) in [6, 6.07) is 42.8. The molecular formula is C44H44ClN5O4. The maximum absolute atomic E-state index is 12.1. The van der Waals surface area contributed by atoms with E-state index in [9.17, 15) is 9.59 Å². The monoisotopic (exact) mass is 741 g/mol. The van der Waals surface area contributed by atoms with E-state index in [0.29, 0.717) is 27.8 Å². The van der Waals surface area contributed by atoms with Gasteiger partial charge in [-0.25, -0.2) is 0 Å². The second-order valence-electron chi connectivity index (χ2n) is 12.4. The van der Waals surface area contributed by atoms with Crippen molar-refractivity contribution in [3.05, 3.63) is 190 Å². The van der Waals surface area contributed by atoms with Crippen LogP contribution in [0.3, 0.4) is 0 Å². The first-order valence-electron chi connectivity index (χ1n) is 17.7. The van der Waals surface area contributed by atoms with E-state index in [0.717, 1.165) is 44.6 Å². The van der Waals surface area contributed by atoms with Crippen molar-refractivity contribution < 1.29 is 19.2 Å². The number of amides is 2. The molecule has 54 heavy (non-hydrogen) atoms. The maximum atomic E-state index is 12.1. The lowest BCUT2D eigenvalue weighted by Crippen LogP contribution is -2.27. The number of hydrogen-bond donors (Lipinski definition) is 4. The van der Waals surface area contributed by atoms with E-state index in [4.69, 9.17) is 26.9 Å². The molecule has 9 nitrogen and oxygen atoms in total. The first-order valence-corrected chi connectivity index (χ1v) is 18.0. The van der Waals surface area contributed by atoms with Gasteiger partial charge in [-0.2, -0.15) is 5.48 Å². The Hall–Kier alpha value is -6.00. The van der Waals surface area contributed by atoms with Crippen LogP contribution in [0, 0.1) is 6.92 Å². The molecule has 5 aromatic carbocycles. The van der Waals surface area contributed by atoms with Crippen LogP contribution in [0.2, 0.25) is 5.02 Å². The highest BCUT2D eigenvalue weighted by atomic mass is 35.5. The van der Waals surface area contributed by atoms with E-state index >= 15 is 0 Å². The van der Waals surface area contributed by atoms with Crippen LogP contribution in [-0.4, -0.2) is 29.9 Å². The van der Waals surface area contributed by atoms with Gasteiger partial charge in [0, 0.05) is 25.5 Å². The number of hydrogen-bond acceptors (Lipinski definition) is 7. The van der Waals surface area contributed by atoms with Gasteiger partial charge in [-0.05, 0) is 97.1 Å². The number of carbonyl (C=O) groups is 2. The lowest BCUT2D eigenvalue weighted by atomic mass is 10.1. The second kappa shape index (κ2) is 20.9. The summed E-state index contributed by atoms with van der Waals surface area (Å²) in [6.07, 6.45) is 4.83. The number of hydroxylamine groups is 1. The molecule has 0 saturated heterocycles. The van der Waals surface area contributed by atoms with Crippen molar-refractivity contribution in [2.75, 3.05) is 13.1 Å². The van der Waals surface area contributed by atoms with Crippen molar-refractivity contribution >= 4 is 23.4 Å². The summed E-state index contributed by atoms with van der Waals surface area (Å²) in [5, 5.41) is 7.27. The Morgan fingerprint density at radius 3 is 1.87 bits per heavy atom. The van der Waals surface area contributed by atoms with E-state index in [1.54, 1.807) is 36.5 Å². The lowest BCUT2D eigenvalue weighted by Gasteiger charge is -2.12. The summed E-state index contributed by atoms with van der Waals surface area (Å²) in [7, 11) is 0. The van der Waals surface area contributed by atoms with Gasteiger partial charge in [0.25, 0.3) is 11.8 Å². The molecule has 0 aliphatic rings. The molecule has 276 valence electrons. The zero-order valence-corrected chi connectivity index (χ0v) is 30.9. The molecule has 5 N–H and O–H groups in total. The number of nitrogens with zero attached hydrogens (tertiary/aromatic N) is 1. The number of ether oxygens (including phenoxy) is 1. The zero-order valence-electron chi connectivity index (χ0n) is 30.1. The van der Waals surface area contributed by atoms with Gasteiger partial charge in [-0.1, -0.05) is 109 Å². The van der Waals surface area contributed by atoms with Crippen molar-refractivity contribution in [2.24, 2.45) is 5.73 Å². The number of halogens is 1. The van der Waals surface area contributed by atoms with Crippen LogP contribution in [0.25, 0.3) is 0 Å². The average Bonchev–Trinajstić information content (AvgIpc) is 3.20. The molecule has 6 aromatic rings. The highest BCUT2D eigenvalue weighted by molar-refractivity contribution is 6.33. The Kier molecular flexibility index (Phi) is 15.2. The quantitative estimate of drug-likeness (QED) is 0.0585. The third-order valence-corrected chi connectivity index (χ3v) is 8.66.